The van der Waals surface area contributed by atoms with Gasteiger partial charge in [0.1, 0.15) is 49.8 Å². The molecule has 8 aromatic carbocycles. The first kappa shape index (κ1) is 41.1. The Hall–Kier alpha value is -7.28. The second-order valence-electron chi connectivity index (χ2n) is 15.9. The molecule has 314 valence electrons. The Labute approximate surface area is 369 Å². The van der Waals surface area contributed by atoms with E-state index in [1.54, 1.807) is 0 Å². The van der Waals surface area contributed by atoms with Crippen molar-refractivity contribution in [3.63, 3.8) is 0 Å². The quantitative estimate of drug-likeness (QED) is 0.0986. The highest BCUT2D eigenvalue weighted by Crippen LogP contribution is 2.51. The highest BCUT2D eigenvalue weighted by molar-refractivity contribution is 5.66. The van der Waals surface area contributed by atoms with E-state index in [2.05, 4.69) is 72.8 Å². The van der Waals surface area contributed by atoms with E-state index in [9.17, 15) is 5.11 Å². The van der Waals surface area contributed by atoms with Gasteiger partial charge < -0.3 is 28.8 Å². The third-order valence-electron chi connectivity index (χ3n) is 11.3. The van der Waals surface area contributed by atoms with Crippen molar-refractivity contribution in [3.8, 4) is 28.7 Å². The van der Waals surface area contributed by atoms with Crippen LogP contribution in [0.2, 0.25) is 0 Å². The molecule has 1 aliphatic heterocycles. The van der Waals surface area contributed by atoms with Gasteiger partial charge in [-0.05, 0) is 51.1 Å². The molecule has 0 saturated heterocycles. The average Bonchev–Trinajstić information content (AvgIpc) is 3.34. The third-order valence-corrected chi connectivity index (χ3v) is 11.3. The van der Waals surface area contributed by atoms with Crippen molar-refractivity contribution < 1.29 is 28.8 Å². The van der Waals surface area contributed by atoms with E-state index in [-0.39, 0.29) is 0 Å². The topological polar surface area (TPSA) is 66.4 Å². The van der Waals surface area contributed by atoms with Gasteiger partial charge in [0.2, 0.25) is 0 Å². The molecule has 2 atom stereocenters. The smallest absolute Gasteiger partial charge is 0.162 e. The van der Waals surface area contributed by atoms with Gasteiger partial charge in [0, 0.05) is 36.0 Å². The van der Waals surface area contributed by atoms with E-state index >= 15 is 0 Å². The molecule has 6 nitrogen and oxygen atoms in total. The Morgan fingerprint density at radius 1 is 0.413 bits per heavy atom. The third kappa shape index (κ3) is 10.3. The van der Waals surface area contributed by atoms with Gasteiger partial charge in [-0.3, -0.25) is 0 Å². The van der Waals surface area contributed by atoms with Gasteiger partial charge in [-0.15, -0.1) is 0 Å². The summed E-state index contributed by atoms with van der Waals surface area (Å²) in [5.74, 6) is 3.23. The van der Waals surface area contributed by atoms with E-state index in [0.29, 0.717) is 68.7 Å². The van der Waals surface area contributed by atoms with Crippen LogP contribution in [0.3, 0.4) is 0 Å². The van der Waals surface area contributed by atoms with Crippen molar-refractivity contribution in [2.24, 2.45) is 0 Å². The van der Waals surface area contributed by atoms with Crippen LogP contribution in [0.15, 0.2) is 200 Å². The van der Waals surface area contributed by atoms with Crippen LogP contribution in [-0.4, -0.2) is 11.2 Å². The fourth-order valence-electron chi connectivity index (χ4n) is 8.13. The molecular weight excluding hydrogens is 781 g/mol. The van der Waals surface area contributed by atoms with E-state index in [1.807, 2.05) is 127 Å². The SMILES string of the molecule is O[C@H]1Cc2c(OCc3ccccc3)c(Cc3ccccc3)c(OCc3ccccc3)c(Cc3ccccc3)c2O[C@@H]1c1ccc(OCc2ccccc2)c(OCc2ccccc2)c1. The predicted molar refractivity (Wildman–Crippen MR) is 248 cm³/mol. The fourth-order valence-corrected chi connectivity index (χ4v) is 8.13. The zero-order valence-electron chi connectivity index (χ0n) is 35.1. The first-order chi connectivity index (χ1) is 31.1. The molecule has 0 aromatic heterocycles. The Kier molecular flexibility index (Phi) is 13.1. The van der Waals surface area contributed by atoms with E-state index in [1.165, 1.54) is 0 Å². The van der Waals surface area contributed by atoms with Crippen molar-refractivity contribution in [3.05, 3.63) is 256 Å². The summed E-state index contributed by atoms with van der Waals surface area (Å²) < 4.78 is 34.1. The van der Waals surface area contributed by atoms with Crippen LogP contribution in [0.5, 0.6) is 28.7 Å². The number of fused-ring (bicyclic) bond motifs is 1. The summed E-state index contributed by atoms with van der Waals surface area (Å²) in [6.45, 7) is 1.40. The first-order valence-corrected chi connectivity index (χ1v) is 21.6. The van der Waals surface area contributed by atoms with Gasteiger partial charge in [-0.25, -0.2) is 0 Å². The number of benzene rings is 8. The van der Waals surface area contributed by atoms with Crippen LogP contribution >= 0.6 is 0 Å². The molecule has 0 unspecified atom stereocenters. The van der Waals surface area contributed by atoms with E-state index < -0.39 is 12.2 Å². The summed E-state index contributed by atoms with van der Waals surface area (Å²) in [5, 5.41) is 12.3. The molecular formula is C57H50O6. The van der Waals surface area contributed by atoms with Crippen molar-refractivity contribution >= 4 is 0 Å². The number of aliphatic hydroxyl groups is 1. The molecule has 8 aromatic rings. The Balaban J connectivity index is 1.16. The number of hydrogen-bond donors (Lipinski definition) is 1. The summed E-state index contributed by atoms with van der Waals surface area (Å²) in [6, 6.07) is 67.1. The van der Waals surface area contributed by atoms with E-state index in [4.69, 9.17) is 23.7 Å². The predicted octanol–water partition coefficient (Wildman–Crippen LogP) is 12.2. The highest BCUT2D eigenvalue weighted by atomic mass is 16.5. The Bertz CT molecular complexity index is 2670. The van der Waals surface area contributed by atoms with Gasteiger partial charge in [-0.1, -0.05) is 188 Å². The molecule has 0 radical (unpaired) electrons. The lowest BCUT2D eigenvalue weighted by Crippen LogP contribution is -2.32. The molecule has 0 amide bonds. The van der Waals surface area contributed by atoms with Gasteiger partial charge in [0.05, 0.1) is 6.10 Å². The minimum absolute atomic E-state index is 0.291. The molecule has 1 N–H and O–H groups in total. The normalized spacial score (nSPS) is 14.2. The van der Waals surface area contributed by atoms with Crippen LogP contribution in [-0.2, 0) is 45.7 Å². The van der Waals surface area contributed by atoms with Gasteiger partial charge in [0.15, 0.2) is 11.5 Å². The summed E-state index contributed by atoms with van der Waals surface area (Å²) in [5.41, 5.74) is 9.79. The monoisotopic (exact) mass is 830 g/mol. The minimum atomic E-state index is -0.917. The van der Waals surface area contributed by atoms with Crippen molar-refractivity contribution in [2.45, 2.75) is 57.9 Å². The number of aliphatic hydroxyl groups excluding tert-OH is 1. The Morgan fingerprint density at radius 3 is 1.29 bits per heavy atom. The molecule has 63 heavy (non-hydrogen) atoms. The highest BCUT2D eigenvalue weighted by Gasteiger charge is 2.38. The summed E-state index contributed by atoms with van der Waals surface area (Å²) in [7, 11) is 0. The standard InChI is InChI=1S/C57H50O6/c58-51-36-50-56(62-40-46-29-17-6-18-30-46)48(33-41-19-7-1-8-20-41)55(61-39-45-27-15-5-16-28-45)49(34-42-21-9-2-10-22-42)57(50)63-54(51)47-31-32-52(59-37-43-23-11-3-12-24-43)53(35-47)60-38-44-25-13-4-14-26-44/h1-32,35,51,54,58H,33-34,36-40H2/t51-,54+/m0/s1. The van der Waals surface area contributed by atoms with E-state index in [0.717, 1.165) is 61.4 Å². The van der Waals surface area contributed by atoms with Crippen LogP contribution in [0.4, 0.5) is 0 Å². The second kappa shape index (κ2) is 20.1. The summed E-state index contributed by atoms with van der Waals surface area (Å²) in [4.78, 5) is 0. The lowest BCUT2D eigenvalue weighted by Gasteiger charge is -2.35. The Morgan fingerprint density at radius 2 is 0.810 bits per heavy atom. The lowest BCUT2D eigenvalue weighted by molar-refractivity contribution is 0.0185. The molecule has 0 bridgehead atoms. The van der Waals surface area contributed by atoms with Crippen LogP contribution in [0.25, 0.3) is 0 Å². The van der Waals surface area contributed by atoms with Crippen molar-refractivity contribution in [2.75, 3.05) is 0 Å². The molecule has 1 aliphatic rings. The van der Waals surface area contributed by atoms with Gasteiger partial charge >= 0.3 is 0 Å². The molecule has 6 heteroatoms. The molecule has 9 rings (SSSR count). The van der Waals surface area contributed by atoms with Gasteiger partial charge in [-0.2, -0.15) is 0 Å². The second-order valence-corrected chi connectivity index (χ2v) is 15.9. The average molecular weight is 831 g/mol. The first-order valence-electron chi connectivity index (χ1n) is 21.6. The van der Waals surface area contributed by atoms with Gasteiger partial charge in [0.25, 0.3) is 0 Å². The lowest BCUT2D eigenvalue weighted by atomic mass is 9.87. The molecule has 0 saturated carbocycles. The zero-order valence-corrected chi connectivity index (χ0v) is 35.1. The summed E-state index contributed by atoms with van der Waals surface area (Å²) in [6.07, 6.45) is -0.276. The number of rotatable bonds is 17. The summed E-state index contributed by atoms with van der Waals surface area (Å²) >= 11 is 0. The minimum Gasteiger partial charge on any atom is -0.488 e. The maximum Gasteiger partial charge on any atom is 0.162 e. The molecule has 1 heterocycles. The maximum atomic E-state index is 12.3. The molecule has 0 aliphatic carbocycles. The zero-order chi connectivity index (χ0) is 42.6. The van der Waals surface area contributed by atoms with Crippen molar-refractivity contribution in [1.29, 1.82) is 0 Å². The fraction of sp³-hybridized carbons (Fsp3) is 0.158. The largest absolute Gasteiger partial charge is 0.488 e. The molecule has 0 spiro atoms. The van der Waals surface area contributed by atoms with Crippen molar-refractivity contribution in [1.82, 2.24) is 0 Å². The van der Waals surface area contributed by atoms with Crippen LogP contribution in [0, 0.1) is 0 Å². The number of ether oxygens (including phenoxy) is 5. The number of hydrogen-bond acceptors (Lipinski definition) is 6. The van der Waals surface area contributed by atoms with Crippen LogP contribution in [0.1, 0.15) is 61.7 Å². The van der Waals surface area contributed by atoms with Crippen LogP contribution < -0.4 is 23.7 Å². The maximum absolute atomic E-state index is 12.3. The molecule has 0 fully saturated rings.